The minimum Gasteiger partial charge on any atom is -0.314 e. The lowest BCUT2D eigenvalue weighted by molar-refractivity contribution is 1.03. The number of halogens is 1. The SMILES string of the molecule is Cc1ccc(N(C)c2ncc(I)cn2)cc1. The van der Waals surface area contributed by atoms with E-state index in [0.29, 0.717) is 5.95 Å². The van der Waals surface area contributed by atoms with Gasteiger partial charge in [0, 0.05) is 28.7 Å². The van der Waals surface area contributed by atoms with E-state index in [0.717, 1.165) is 9.26 Å². The molecular weight excluding hydrogens is 313 g/mol. The second-order valence-corrected chi connectivity index (χ2v) is 4.84. The van der Waals surface area contributed by atoms with Crippen LogP contribution in [0, 0.1) is 10.5 Å². The predicted molar refractivity (Wildman–Crippen MR) is 74.0 cm³/mol. The van der Waals surface area contributed by atoms with Crippen molar-refractivity contribution >= 4 is 34.2 Å². The smallest absolute Gasteiger partial charge is 0.229 e. The van der Waals surface area contributed by atoms with Crippen LogP contribution in [0.25, 0.3) is 0 Å². The van der Waals surface area contributed by atoms with Crippen molar-refractivity contribution in [2.45, 2.75) is 6.92 Å². The highest BCUT2D eigenvalue weighted by Gasteiger charge is 2.05. The Morgan fingerprint density at radius 1 is 1.06 bits per heavy atom. The summed E-state index contributed by atoms with van der Waals surface area (Å²) < 4.78 is 1.04. The molecule has 82 valence electrons. The minimum atomic E-state index is 0.712. The van der Waals surface area contributed by atoms with Crippen molar-refractivity contribution in [2.75, 3.05) is 11.9 Å². The van der Waals surface area contributed by atoms with Gasteiger partial charge in [0.15, 0.2) is 0 Å². The van der Waals surface area contributed by atoms with Gasteiger partial charge in [-0.1, -0.05) is 17.7 Å². The van der Waals surface area contributed by atoms with E-state index in [4.69, 9.17) is 0 Å². The molecule has 0 unspecified atom stereocenters. The van der Waals surface area contributed by atoms with Gasteiger partial charge in [0.25, 0.3) is 0 Å². The predicted octanol–water partition coefficient (Wildman–Crippen LogP) is 3.16. The number of hydrogen-bond acceptors (Lipinski definition) is 3. The molecule has 0 aliphatic rings. The number of benzene rings is 1. The second kappa shape index (κ2) is 4.78. The summed E-state index contributed by atoms with van der Waals surface area (Å²) in [7, 11) is 1.97. The molecule has 2 rings (SSSR count). The Bertz CT molecular complexity index is 419. The van der Waals surface area contributed by atoms with Crippen LogP contribution in [-0.4, -0.2) is 17.0 Å². The van der Waals surface area contributed by atoms with E-state index < -0.39 is 0 Å². The van der Waals surface area contributed by atoms with Gasteiger partial charge in [-0.3, -0.25) is 0 Å². The Kier molecular flexibility index (Phi) is 3.38. The fourth-order valence-electron chi connectivity index (χ4n) is 1.36. The van der Waals surface area contributed by atoms with Crippen molar-refractivity contribution in [3.05, 3.63) is 45.8 Å². The quantitative estimate of drug-likeness (QED) is 0.794. The monoisotopic (exact) mass is 325 g/mol. The molecule has 4 heteroatoms. The van der Waals surface area contributed by atoms with Gasteiger partial charge in [0.1, 0.15) is 0 Å². The van der Waals surface area contributed by atoms with Crippen LogP contribution in [0.1, 0.15) is 5.56 Å². The molecule has 0 aliphatic heterocycles. The topological polar surface area (TPSA) is 29.0 Å². The average molecular weight is 325 g/mol. The Balaban J connectivity index is 2.28. The van der Waals surface area contributed by atoms with Gasteiger partial charge >= 0.3 is 0 Å². The molecule has 0 bridgehead atoms. The first-order chi connectivity index (χ1) is 7.66. The molecule has 0 saturated heterocycles. The first-order valence-electron chi connectivity index (χ1n) is 4.95. The molecule has 3 nitrogen and oxygen atoms in total. The number of aryl methyl sites for hydroxylation is 1. The zero-order chi connectivity index (χ0) is 11.5. The Morgan fingerprint density at radius 3 is 2.19 bits per heavy atom. The molecule has 0 spiro atoms. The molecule has 1 aromatic heterocycles. The molecule has 0 N–H and O–H groups in total. The standard InChI is InChI=1S/C12H12IN3/c1-9-3-5-11(6-4-9)16(2)12-14-7-10(13)8-15-12/h3-8H,1-2H3. The molecule has 0 saturated carbocycles. The van der Waals surface area contributed by atoms with Crippen molar-refractivity contribution in [1.29, 1.82) is 0 Å². The third-order valence-electron chi connectivity index (χ3n) is 2.33. The summed E-state index contributed by atoms with van der Waals surface area (Å²) in [5.41, 5.74) is 2.34. The lowest BCUT2D eigenvalue weighted by Crippen LogP contribution is -2.12. The van der Waals surface area contributed by atoms with Gasteiger partial charge in [-0.2, -0.15) is 0 Å². The molecule has 0 radical (unpaired) electrons. The lowest BCUT2D eigenvalue weighted by Gasteiger charge is -2.16. The van der Waals surface area contributed by atoms with Crippen LogP contribution in [0.4, 0.5) is 11.6 Å². The zero-order valence-corrected chi connectivity index (χ0v) is 11.3. The maximum atomic E-state index is 4.28. The van der Waals surface area contributed by atoms with E-state index in [2.05, 4.69) is 63.7 Å². The molecule has 0 aliphatic carbocycles. The van der Waals surface area contributed by atoms with Gasteiger partial charge in [-0.15, -0.1) is 0 Å². The Hall–Kier alpha value is -1.17. The van der Waals surface area contributed by atoms with Gasteiger partial charge in [-0.05, 0) is 41.6 Å². The highest BCUT2D eigenvalue weighted by Crippen LogP contribution is 2.19. The minimum absolute atomic E-state index is 0.712. The van der Waals surface area contributed by atoms with Gasteiger partial charge in [0.05, 0.1) is 0 Å². The van der Waals surface area contributed by atoms with E-state index in [-0.39, 0.29) is 0 Å². The van der Waals surface area contributed by atoms with Crippen LogP contribution in [0.15, 0.2) is 36.7 Å². The van der Waals surface area contributed by atoms with Crippen molar-refractivity contribution < 1.29 is 0 Å². The molecule has 1 heterocycles. The summed E-state index contributed by atoms with van der Waals surface area (Å²) in [5, 5.41) is 0. The summed E-state index contributed by atoms with van der Waals surface area (Å²) in [6, 6.07) is 8.30. The zero-order valence-electron chi connectivity index (χ0n) is 9.18. The van der Waals surface area contributed by atoms with Crippen molar-refractivity contribution in [2.24, 2.45) is 0 Å². The largest absolute Gasteiger partial charge is 0.314 e. The number of hydrogen-bond donors (Lipinski definition) is 0. The normalized spacial score (nSPS) is 10.2. The molecule has 0 atom stereocenters. The highest BCUT2D eigenvalue weighted by molar-refractivity contribution is 14.1. The van der Waals surface area contributed by atoms with E-state index in [1.807, 2.05) is 24.3 Å². The Morgan fingerprint density at radius 2 is 1.62 bits per heavy atom. The maximum Gasteiger partial charge on any atom is 0.229 e. The number of anilines is 2. The van der Waals surface area contributed by atoms with Crippen molar-refractivity contribution in [3.63, 3.8) is 0 Å². The molecule has 16 heavy (non-hydrogen) atoms. The van der Waals surface area contributed by atoms with Crippen LogP contribution >= 0.6 is 22.6 Å². The molecular formula is C12H12IN3. The lowest BCUT2D eigenvalue weighted by atomic mass is 10.2. The summed E-state index contributed by atoms with van der Waals surface area (Å²) in [4.78, 5) is 10.5. The number of nitrogens with zero attached hydrogens (tertiary/aromatic N) is 3. The third-order valence-corrected chi connectivity index (χ3v) is 2.89. The second-order valence-electron chi connectivity index (χ2n) is 3.60. The molecule has 2 aromatic rings. The van der Waals surface area contributed by atoms with E-state index >= 15 is 0 Å². The van der Waals surface area contributed by atoms with Crippen LogP contribution in [0.5, 0.6) is 0 Å². The van der Waals surface area contributed by atoms with Crippen LogP contribution in [-0.2, 0) is 0 Å². The maximum absolute atomic E-state index is 4.28. The van der Waals surface area contributed by atoms with Gasteiger partial charge in [-0.25, -0.2) is 9.97 Å². The molecule has 1 aromatic carbocycles. The average Bonchev–Trinajstić information content (AvgIpc) is 2.30. The fraction of sp³-hybridized carbons (Fsp3) is 0.167. The first-order valence-corrected chi connectivity index (χ1v) is 6.02. The first kappa shape index (κ1) is 11.3. The third kappa shape index (κ3) is 2.49. The van der Waals surface area contributed by atoms with Gasteiger partial charge < -0.3 is 4.90 Å². The Labute approximate surface area is 109 Å². The summed E-state index contributed by atoms with van der Waals surface area (Å²) in [6.45, 7) is 2.07. The van der Waals surface area contributed by atoms with Crippen LogP contribution < -0.4 is 4.90 Å². The number of rotatable bonds is 2. The summed E-state index contributed by atoms with van der Waals surface area (Å²) >= 11 is 2.20. The van der Waals surface area contributed by atoms with Crippen molar-refractivity contribution in [1.82, 2.24) is 9.97 Å². The number of aromatic nitrogens is 2. The summed E-state index contributed by atoms with van der Waals surface area (Å²) in [6.07, 6.45) is 3.63. The van der Waals surface area contributed by atoms with E-state index in [9.17, 15) is 0 Å². The van der Waals surface area contributed by atoms with Crippen LogP contribution in [0.3, 0.4) is 0 Å². The van der Waals surface area contributed by atoms with Crippen LogP contribution in [0.2, 0.25) is 0 Å². The van der Waals surface area contributed by atoms with Crippen molar-refractivity contribution in [3.8, 4) is 0 Å². The van der Waals surface area contributed by atoms with E-state index in [1.165, 1.54) is 5.56 Å². The highest BCUT2D eigenvalue weighted by atomic mass is 127. The van der Waals surface area contributed by atoms with E-state index in [1.54, 1.807) is 0 Å². The fourth-order valence-corrected chi connectivity index (χ4v) is 1.64. The van der Waals surface area contributed by atoms with Gasteiger partial charge in [0.2, 0.25) is 5.95 Å². The molecule has 0 fully saturated rings. The summed E-state index contributed by atoms with van der Waals surface area (Å²) in [5.74, 6) is 0.712. The molecule has 0 amide bonds.